The van der Waals surface area contributed by atoms with Crippen LogP contribution < -0.4 is 16.2 Å². The fourth-order valence-electron chi connectivity index (χ4n) is 1.62. The van der Waals surface area contributed by atoms with Gasteiger partial charge in [0.25, 0.3) is 5.91 Å². The van der Waals surface area contributed by atoms with Gasteiger partial charge in [0, 0.05) is 17.8 Å². The van der Waals surface area contributed by atoms with Gasteiger partial charge in [-0.05, 0) is 12.1 Å². The van der Waals surface area contributed by atoms with Crippen LogP contribution in [-0.2, 0) is 0 Å². The quantitative estimate of drug-likeness (QED) is 0.798. The van der Waals surface area contributed by atoms with Gasteiger partial charge in [0.05, 0.1) is 24.6 Å². The molecule has 19 heavy (non-hydrogen) atoms. The van der Waals surface area contributed by atoms with Crippen LogP contribution in [0.15, 0.2) is 30.6 Å². The SMILES string of the molecule is COc1ccc(C(N)=S)c(-n2cc(C(N)=O)cn2)c1. The molecule has 0 unspecified atom stereocenters. The van der Waals surface area contributed by atoms with Gasteiger partial charge in [0.2, 0.25) is 0 Å². The van der Waals surface area contributed by atoms with E-state index in [1.54, 1.807) is 25.3 Å². The number of primary amides is 1. The smallest absolute Gasteiger partial charge is 0.251 e. The van der Waals surface area contributed by atoms with Crippen LogP contribution >= 0.6 is 12.2 Å². The van der Waals surface area contributed by atoms with Gasteiger partial charge >= 0.3 is 0 Å². The van der Waals surface area contributed by atoms with Crippen LogP contribution in [0.2, 0.25) is 0 Å². The molecule has 0 saturated carbocycles. The molecule has 1 amide bonds. The Balaban J connectivity index is 2.57. The number of methoxy groups -OCH3 is 1. The van der Waals surface area contributed by atoms with E-state index in [-0.39, 0.29) is 4.99 Å². The van der Waals surface area contributed by atoms with Crippen molar-refractivity contribution >= 4 is 23.1 Å². The molecule has 0 aliphatic heterocycles. The van der Waals surface area contributed by atoms with Crippen molar-refractivity contribution < 1.29 is 9.53 Å². The molecule has 2 aromatic rings. The summed E-state index contributed by atoms with van der Waals surface area (Å²) in [4.78, 5) is 11.3. The monoisotopic (exact) mass is 276 g/mol. The van der Waals surface area contributed by atoms with Crippen LogP contribution in [0.1, 0.15) is 15.9 Å². The number of nitrogens with two attached hydrogens (primary N) is 2. The van der Waals surface area contributed by atoms with Gasteiger partial charge in [-0.2, -0.15) is 5.10 Å². The predicted molar refractivity (Wildman–Crippen MR) is 74.5 cm³/mol. The average molecular weight is 276 g/mol. The number of thiocarbonyl (C=S) groups is 1. The van der Waals surface area contributed by atoms with E-state index in [2.05, 4.69) is 5.10 Å². The molecule has 0 fully saturated rings. The fraction of sp³-hybridized carbons (Fsp3) is 0.0833. The van der Waals surface area contributed by atoms with Crippen molar-refractivity contribution in [1.82, 2.24) is 9.78 Å². The van der Waals surface area contributed by atoms with Gasteiger partial charge in [0.15, 0.2) is 0 Å². The predicted octanol–water partition coefficient (Wildman–Crippen LogP) is 0.614. The molecule has 6 nitrogen and oxygen atoms in total. The van der Waals surface area contributed by atoms with Gasteiger partial charge in [-0.3, -0.25) is 4.79 Å². The van der Waals surface area contributed by atoms with Crippen LogP contribution in [0.25, 0.3) is 5.69 Å². The number of hydrogen-bond donors (Lipinski definition) is 2. The average Bonchev–Trinajstić information content (AvgIpc) is 2.87. The fourth-order valence-corrected chi connectivity index (χ4v) is 1.79. The largest absolute Gasteiger partial charge is 0.497 e. The van der Waals surface area contributed by atoms with E-state index in [4.69, 9.17) is 28.4 Å². The summed E-state index contributed by atoms with van der Waals surface area (Å²) in [6, 6.07) is 5.21. The minimum atomic E-state index is -0.550. The number of carbonyl (C=O) groups is 1. The zero-order valence-corrected chi connectivity index (χ0v) is 11.0. The maximum absolute atomic E-state index is 11.1. The number of aromatic nitrogens is 2. The summed E-state index contributed by atoms with van der Waals surface area (Å²) in [5.74, 6) is 0.0807. The number of carbonyl (C=O) groups excluding carboxylic acids is 1. The molecule has 98 valence electrons. The third kappa shape index (κ3) is 2.55. The van der Waals surface area contributed by atoms with Gasteiger partial charge in [-0.1, -0.05) is 12.2 Å². The van der Waals surface area contributed by atoms with E-state index < -0.39 is 5.91 Å². The van der Waals surface area contributed by atoms with Crippen molar-refractivity contribution in [2.75, 3.05) is 7.11 Å². The first-order chi connectivity index (χ1) is 9.02. The summed E-state index contributed by atoms with van der Waals surface area (Å²) in [5, 5.41) is 4.07. The van der Waals surface area contributed by atoms with Crippen LogP contribution in [0.3, 0.4) is 0 Å². The second kappa shape index (κ2) is 5.07. The first kappa shape index (κ1) is 13.0. The number of ether oxygens (including phenoxy) is 1. The first-order valence-corrected chi connectivity index (χ1v) is 5.76. The van der Waals surface area contributed by atoms with Crippen LogP contribution in [0.4, 0.5) is 0 Å². The number of rotatable bonds is 4. The molecule has 0 atom stereocenters. The second-order valence-electron chi connectivity index (χ2n) is 3.79. The Bertz CT molecular complexity index is 651. The van der Waals surface area contributed by atoms with E-state index in [0.29, 0.717) is 22.6 Å². The molecule has 1 aromatic carbocycles. The van der Waals surface area contributed by atoms with Crippen LogP contribution in [0, 0.1) is 0 Å². The highest BCUT2D eigenvalue weighted by Gasteiger charge is 2.12. The standard InChI is InChI=1S/C12H12N4O2S/c1-18-8-2-3-9(12(14)19)10(4-8)16-6-7(5-15-16)11(13)17/h2-6H,1H3,(H2,13,17)(H2,14,19). The van der Waals surface area contributed by atoms with E-state index in [0.717, 1.165) is 0 Å². The molecule has 1 aromatic heterocycles. The Morgan fingerprint density at radius 2 is 2.16 bits per heavy atom. The summed E-state index contributed by atoms with van der Waals surface area (Å²) in [6.07, 6.45) is 2.89. The van der Waals surface area contributed by atoms with Gasteiger partial charge in [-0.15, -0.1) is 0 Å². The van der Waals surface area contributed by atoms with Gasteiger partial charge in [0.1, 0.15) is 10.7 Å². The lowest BCUT2D eigenvalue weighted by Gasteiger charge is -2.10. The molecule has 4 N–H and O–H groups in total. The lowest BCUT2D eigenvalue weighted by atomic mass is 10.1. The zero-order valence-electron chi connectivity index (χ0n) is 10.2. The molecule has 0 spiro atoms. The highest BCUT2D eigenvalue weighted by Crippen LogP contribution is 2.21. The Morgan fingerprint density at radius 1 is 1.42 bits per heavy atom. The van der Waals surface area contributed by atoms with E-state index in [1.807, 2.05) is 0 Å². The summed E-state index contributed by atoms with van der Waals surface area (Å²) in [7, 11) is 1.55. The normalized spacial score (nSPS) is 10.2. The molecule has 0 radical (unpaired) electrons. The molecule has 0 aliphatic rings. The number of hydrogen-bond acceptors (Lipinski definition) is 4. The Kier molecular flexibility index (Phi) is 3.48. The lowest BCUT2D eigenvalue weighted by Crippen LogP contribution is -2.14. The maximum atomic E-state index is 11.1. The Hall–Kier alpha value is -2.41. The minimum Gasteiger partial charge on any atom is -0.497 e. The van der Waals surface area contributed by atoms with Crippen molar-refractivity contribution in [3.63, 3.8) is 0 Å². The molecule has 7 heteroatoms. The van der Waals surface area contributed by atoms with Gasteiger partial charge in [-0.25, -0.2) is 4.68 Å². The third-order valence-electron chi connectivity index (χ3n) is 2.58. The Labute approximate surface area is 115 Å². The van der Waals surface area contributed by atoms with E-state index in [1.165, 1.54) is 17.1 Å². The summed E-state index contributed by atoms with van der Waals surface area (Å²) in [6.45, 7) is 0. The Morgan fingerprint density at radius 3 is 2.68 bits per heavy atom. The van der Waals surface area contributed by atoms with Crippen molar-refractivity contribution in [2.24, 2.45) is 11.5 Å². The zero-order chi connectivity index (χ0) is 14.0. The van der Waals surface area contributed by atoms with Crippen LogP contribution in [0.5, 0.6) is 5.75 Å². The van der Waals surface area contributed by atoms with E-state index >= 15 is 0 Å². The third-order valence-corrected chi connectivity index (χ3v) is 2.80. The summed E-state index contributed by atoms with van der Waals surface area (Å²) in [5.41, 5.74) is 12.4. The number of nitrogens with zero attached hydrogens (tertiary/aromatic N) is 2. The van der Waals surface area contributed by atoms with Crippen molar-refractivity contribution in [3.8, 4) is 11.4 Å². The molecule has 0 saturated heterocycles. The molecule has 0 bridgehead atoms. The van der Waals surface area contributed by atoms with Crippen LogP contribution in [-0.4, -0.2) is 27.8 Å². The minimum absolute atomic E-state index is 0.230. The highest BCUT2D eigenvalue weighted by molar-refractivity contribution is 7.80. The topological polar surface area (TPSA) is 96.2 Å². The van der Waals surface area contributed by atoms with Gasteiger partial charge < -0.3 is 16.2 Å². The lowest BCUT2D eigenvalue weighted by molar-refractivity contribution is 0.100. The molecular weight excluding hydrogens is 264 g/mol. The molecule has 0 aliphatic carbocycles. The molecular formula is C12H12N4O2S. The second-order valence-corrected chi connectivity index (χ2v) is 4.22. The maximum Gasteiger partial charge on any atom is 0.251 e. The highest BCUT2D eigenvalue weighted by atomic mass is 32.1. The van der Waals surface area contributed by atoms with Crippen molar-refractivity contribution in [2.45, 2.75) is 0 Å². The molecule has 1 heterocycles. The number of amides is 1. The number of benzene rings is 1. The first-order valence-electron chi connectivity index (χ1n) is 5.35. The summed E-state index contributed by atoms with van der Waals surface area (Å²) >= 11 is 4.99. The van der Waals surface area contributed by atoms with E-state index in [9.17, 15) is 4.79 Å². The van der Waals surface area contributed by atoms with Crippen molar-refractivity contribution in [3.05, 3.63) is 41.7 Å². The molecule has 2 rings (SSSR count). The van der Waals surface area contributed by atoms with Crippen molar-refractivity contribution in [1.29, 1.82) is 0 Å². The summed E-state index contributed by atoms with van der Waals surface area (Å²) < 4.78 is 6.63.